The molecule has 2 aliphatic heterocycles. The largest absolute Gasteiger partial charge is 0.347 e. The number of benzene rings is 1. The van der Waals surface area contributed by atoms with Crippen LogP contribution in [-0.2, 0) is 15.1 Å². The monoisotopic (exact) mass is 375 g/mol. The van der Waals surface area contributed by atoms with Crippen molar-refractivity contribution in [2.24, 2.45) is 0 Å². The predicted molar refractivity (Wildman–Crippen MR) is 103 cm³/mol. The average Bonchev–Trinajstić information content (AvgIpc) is 2.93. The first kappa shape index (κ1) is 19.8. The van der Waals surface area contributed by atoms with E-state index in [1.165, 1.54) is 31.9 Å². The van der Waals surface area contributed by atoms with E-state index in [1.54, 1.807) is 12.1 Å². The fourth-order valence-electron chi connectivity index (χ4n) is 4.30. The van der Waals surface area contributed by atoms with Gasteiger partial charge in [0.15, 0.2) is 0 Å². The van der Waals surface area contributed by atoms with E-state index in [9.17, 15) is 14.0 Å². The molecule has 2 saturated heterocycles. The summed E-state index contributed by atoms with van der Waals surface area (Å²) in [5.41, 5.74) is 0.444. The highest BCUT2D eigenvalue weighted by molar-refractivity contribution is 5.78. The van der Waals surface area contributed by atoms with Crippen LogP contribution in [0.15, 0.2) is 24.3 Å². The van der Waals surface area contributed by atoms with Gasteiger partial charge < -0.3 is 10.2 Å². The first-order valence-electron chi connectivity index (χ1n) is 10.0. The minimum atomic E-state index is -0.484. The van der Waals surface area contributed by atoms with Gasteiger partial charge in [-0.25, -0.2) is 4.39 Å². The van der Waals surface area contributed by atoms with Crippen LogP contribution < -0.4 is 5.32 Å². The zero-order valence-corrected chi connectivity index (χ0v) is 16.2. The topological polar surface area (TPSA) is 52.7 Å². The quantitative estimate of drug-likeness (QED) is 0.880. The molecule has 0 radical (unpaired) electrons. The van der Waals surface area contributed by atoms with Crippen molar-refractivity contribution in [3.8, 4) is 0 Å². The Kier molecular flexibility index (Phi) is 6.47. The molecule has 0 aromatic heterocycles. The SMILES string of the molecule is CC(=O)NC1(c2ccc(F)cc2)CCN(CC(=O)N2CCCCCC2)CC1. The van der Waals surface area contributed by atoms with E-state index in [4.69, 9.17) is 0 Å². The molecule has 1 aromatic carbocycles. The standard InChI is InChI=1S/C21H30FN3O2/c1-17(26)23-21(18-6-8-19(22)9-7-18)10-14-24(15-11-21)16-20(27)25-12-4-2-3-5-13-25/h6-9H,2-5,10-16H2,1H3,(H,23,26). The zero-order valence-electron chi connectivity index (χ0n) is 16.2. The second-order valence-electron chi connectivity index (χ2n) is 7.84. The Morgan fingerprint density at radius 3 is 2.15 bits per heavy atom. The minimum absolute atomic E-state index is 0.0894. The molecule has 2 heterocycles. The number of nitrogens with zero attached hydrogens (tertiary/aromatic N) is 2. The average molecular weight is 375 g/mol. The van der Waals surface area contributed by atoms with E-state index in [1.807, 2.05) is 4.90 Å². The van der Waals surface area contributed by atoms with Gasteiger partial charge in [0, 0.05) is 33.1 Å². The number of amides is 2. The van der Waals surface area contributed by atoms with Crippen LogP contribution in [0, 0.1) is 5.82 Å². The smallest absolute Gasteiger partial charge is 0.236 e. The Morgan fingerprint density at radius 2 is 1.59 bits per heavy atom. The number of carbonyl (C=O) groups excluding carboxylic acids is 2. The predicted octanol–water partition coefficient (Wildman–Crippen LogP) is 2.66. The maximum Gasteiger partial charge on any atom is 0.236 e. The van der Waals surface area contributed by atoms with Crippen molar-refractivity contribution >= 4 is 11.8 Å². The second kappa shape index (κ2) is 8.83. The first-order chi connectivity index (χ1) is 13.0. The molecule has 148 valence electrons. The fourth-order valence-corrected chi connectivity index (χ4v) is 4.30. The Hall–Kier alpha value is -1.95. The lowest BCUT2D eigenvalue weighted by atomic mass is 9.80. The lowest BCUT2D eigenvalue weighted by Gasteiger charge is -2.42. The zero-order chi connectivity index (χ0) is 19.3. The molecular formula is C21H30FN3O2. The molecule has 0 atom stereocenters. The van der Waals surface area contributed by atoms with Gasteiger partial charge in [0.05, 0.1) is 12.1 Å². The fraction of sp³-hybridized carbons (Fsp3) is 0.619. The molecule has 0 unspecified atom stereocenters. The molecule has 3 rings (SSSR count). The number of hydrogen-bond acceptors (Lipinski definition) is 3. The summed E-state index contributed by atoms with van der Waals surface area (Å²) < 4.78 is 13.3. The number of nitrogens with one attached hydrogen (secondary N) is 1. The van der Waals surface area contributed by atoms with Crippen LogP contribution in [0.25, 0.3) is 0 Å². The number of hydrogen-bond donors (Lipinski definition) is 1. The van der Waals surface area contributed by atoms with E-state index >= 15 is 0 Å². The molecule has 2 fully saturated rings. The summed E-state index contributed by atoms with van der Waals surface area (Å²) in [6.45, 7) is 5.17. The third-order valence-corrected chi connectivity index (χ3v) is 5.84. The Morgan fingerprint density at radius 1 is 1.00 bits per heavy atom. The van der Waals surface area contributed by atoms with Crippen molar-refractivity contribution in [1.29, 1.82) is 0 Å². The van der Waals surface area contributed by atoms with E-state index in [-0.39, 0.29) is 17.6 Å². The second-order valence-corrected chi connectivity index (χ2v) is 7.84. The van der Waals surface area contributed by atoms with Crippen LogP contribution in [0.2, 0.25) is 0 Å². The van der Waals surface area contributed by atoms with Crippen LogP contribution in [0.4, 0.5) is 4.39 Å². The number of carbonyl (C=O) groups is 2. The third kappa shape index (κ3) is 5.06. The van der Waals surface area contributed by atoms with Crippen LogP contribution in [0.1, 0.15) is 51.0 Å². The summed E-state index contributed by atoms with van der Waals surface area (Å²) in [5, 5.41) is 3.09. The number of halogens is 1. The normalized spacial score (nSPS) is 20.7. The Labute approximate surface area is 160 Å². The highest BCUT2D eigenvalue weighted by Gasteiger charge is 2.37. The van der Waals surface area contributed by atoms with E-state index in [0.717, 1.165) is 44.6 Å². The van der Waals surface area contributed by atoms with Crippen molar-refractivity contribution in [2.45, 2.75) is 51.0 Å². The van der Waals surface area contributed by atoms with Gasteiger partial charge in [-0.1, -0.05) is 25.0 Å². The maximum absolute atomic E-state index is 13.3. The number of likely N-dealkylation sites (tertiary alicyclic amines) is 2. The van der Waals surface area contributed by atoms with Crippen LogP contribution in [0.3, 0.4) is 0 Å². The summed E-state index contributed by atoms with van der Waals surface area (Å²) in [6.07, 6.45) is 6.05. The summed E-state index contributed by atoms with van der Waals surface area (Å²) in [6, 6.07) is 6.38. The highest BCUT2D eigenvalue weighted by atomic mass is 19.1. The lowest BCUT2D eigenvalue weighted by molar-refractivity contribution is -0.133. The molecule has 1 aromatic rings. The van der Waals surface area contributed by atoms with Gasteiger partial charge in [-0.2, -0.15) is 0 Å². The molecule has 2 amide bonds. The van der Waals surface area contributed by atoms with Crippen LogP contribution in [0.5, 0.6) is 0 Å². The molecule has 6 heteroatoms. The molecular weight excluding hydrogens is 345 g/mol. The van der Waals surface area contributed by atoms with Gasteiger partial charge in [0.2, 0.25) is 11.8 Å². The lowest BCUT2D eigenvalue weighted by Crippen LogP contribution is -2.54. The molecule has 5 nitrogen and oxygen atoms in total. The molecule has 1 N–H and O–H groups in total. The van der Waals surface area contributed by atoms with E-state index in [2.05, 4.69) is 10.2 Å². The van der Waals surface area contributed by atoms with Gasteiger partial charge in [-0.15, -0.1) is 0 Å². The minimum Gasteiger partial charge on any atom is -0.347 e. The molecule has 0 spiro atoms. The Balaban J connectivity index is 1.62. The van der Waals surface area contributed by atoms with Gasteiger partial charge >= 0.3 is 0 Å². The van der Waals surface area contributed by atoms with Crippen molar-refractivity contribution < 1.29 is 14.0 Å². The molecule has 27 heavy (non-hydrogen) atoms. The molecule has 0 aliphatic carbocycles. The van der Waals surface area contributed by atoms with Crippen molar-refractivity contribution in [3.63, 3.8) is 0 Å². The highest BCUT2D eigenvalue weighted by Crippen LogP contribution is 2.33. The van der Waals surface area contributed by atoms with Gasteiger partial charge in [-0.05, 0) is 43.4 Å². The van der Waals surface area contributed by atoms with Crippen molar-refractivity contribution in [1.82, 2.24) is 15.1 Å². The maximum atomic E-state index is 13.3. The van der Waals surface area contributed by atoms with Gasteiger partial charge in [0.25, 0.3) is 0 Å². The number of rotatable bonds is 4. The van der Waals surface area contributed by atoms with Crippen molar-refractivity contribution in [3.05, 3.63) is 35.6 Å². The molecule has 2 aliphatic rings. The summed E-state index contributed by atoms with van der Waals surface area (Å²) in [5.74, 6) is -0.156. The summed E-state index contributed by atoms with van der Waals surface area (Å²) >= 11 is 0. The van der Waals surface area contributed by atoms with E-state index < -0.39 is 5.54 Å². The van der Waals surface area contributed by atoms with Crippen molar-refractivity contribution in [2.75, 3.05) is 32.7 Å². The van der Waals surface area contributed by atoms with E-state index in [0.29, 0.717) is 19.4 Å². The number of piperidine rings is 1. The summed E-state index contributed by atoms with van der Waals surface area (Å²) in [4.78, 5) is 28.6. The van der Waals surface area contributed by atoms with Crippen LogP contribution in [-0.4, -0.2) is 54.3 Å². The first-order valence-corrected chi connectivity index (χ1v) is 10.0. The molecule has 0 saturated carbocycles. The molecule has 0 bridgehead atoms. The summed E-state index contributed by atoms with van der Waals surface area (Å²) in [7, 11) is 0. The van der Waals surface area contributed by atoms with Crippen LogP contribution >= 0.6 is 0 Å². The van der Waals surface area contributed by atoms with Gasteiger partial charge in [-0.3, -0.25) is 14.5 Å². The third-order valence-electron chi connectivity index (χ3n) is 5.84. The Bertz CT molecular complexity index is 646. The van der Waals surface area contributed by atoms with Gasteiger partial charge in [0.1, 0.15) is 5.82 Å².